The maximum absolute atomic E-state index is 14.6. The van der Waals surface area contributed by atoms with Crippen molar-refractivity contribution in [2.24, 2.45) is 5.92 Å². The average Bonchev–Trinajstić information content (AvgIpc) is 3.69. The first-order valence-electron chi connectivity index (χ1n) is 17.6. The van der Waals surface area contributed by atoms with Crippen LogP contribution in [-0.2, 0) is 36.5 Å². The van der Waals surface area contributed by atoms with Gasteiger partial charge in [0, 0.05) is 63.4 Å². The molecule has 2 N–H and O–H groups in total. The van der Waals surface area contributed by atoms with E-state index in [1.165, 1.54) is 4.90 Å². The van der Waals surface area contributed by atoms with E-state index in [4.69, 9.17) is 25.2 Å². The van der Waals surface area contributed by atoms with E-state index in [-0.39, 0.29) is 30.0 Å². The molecule has 2 aromatic heterocycles. The standard InChI is InChI=1S/C36H42FN9O3/c1-43(2)33(47)29-13-24-18-44(8-4-10-46(24)42-29)32-27-19-49-36(22-11-21(12-22)25-5-6-28(39)26(16-38)31(25)36)15-30(27)40-34(41-32)48-20-35-7-3-9-45(35)17-23(37)14-35/h5-6,13,21-23H,3-4,7-12,14-15,17-20,39H2,1-2H3/t21?,22?,23-,35+,36+/m1/s1. The van der Waals surface area contributed by atoms with Crippen molar-refractivity contribution < 1.29 is 18.7 Å². The van der Waals surface area contributed by atoms with Gasteiger partial charge in [-0.05, 0) is 68.2 Å². The van der Waals surface area contributed by atoms with Gasteiger partial charge in [0.05, 0.1) is 35.6 Å². The number of nitrogens with zero attached hydrogens (tertiary/aromatic N) is 8. The number of aryl methyl sites for hydroxylation is 1. The van der Waals surface area contributed by atoms with Gasteiger partial charge in [0.15, 0.2) is 5.69 Å². The largest absolute Gasteiger partial charge is 0.461 e. The minimum Gasteiger partial charge on any atom is -0.461 e. The van der Waals surface area contributed by atoms with E-state index >= 15 is 0 Å². The predicted molar refractivity (Wildman–Crippen MR) is 178 cm³/mol. The summed E-state index contributed by atoms with van der Waals surface area (Å²) in [5.41, 5.74) is 11.5. The first-order chi connectivity index (χ1) is 23.7. The summed E-state index contributed by atoms with van der Waals surface area (Å²) in [6.45, 7) is 3.86. The Kier molecular flexibility index (Phi) is 6.98. The lowest BCUT2D eigenvalue weighted by Gasteiger charge is -2.57. The Labute approximate surface area is 285 Å². The predicted octanol–water partition coefficient (Wildman–Crippen LogP) is 3.67. The quantitative estimate of drug-likeness (QED) is 0.401. The zero-order valence-electron chi connectivity index (χ0n) is 28.1. The molecule has 1 amide bonds. The van der Waals surface area contributed by atoms with Gasteiger partial charge in [-0.2, -0.15) is 20.3 Å². The summed E-state index contributed by atoms with van der Waals surface area (Å²) in [6, 6.07) is 8.49. The lowest BCUT2D eigenvalue weighted by molar-refractivity contribution is -0.151. The van der Waals surface area contributed by atoms with Crippen LogP contribution in [0.15, 0.2) is 18.2 Å². The van der Waals surface area contributed by atoms with Crippen LogP contribution in [0.5, 0.6) is 6.01 Å². The highest BCUT2D eigenvalue weighted by molar-refractivity contribution is 5.92. The fourth-order valence-corrected chi connectivity index (χ4v) is 9.67. The van der Waals surface area contributed by atoms with E-state index in [2.05, 4.69) is 27.0 Å². The third-order valence-corrected chi connectivity index (χ3v) is 12.2. The Hall–Kier alpha value is -4.28. The lowest BCUT2D eigenvalue weighted by Crippen LogP contribution is -2.53. The molecular formula is C36H42FN9O3. The smallest absolute Gasteiger partial charge is 0.318 e. The highest BCUT2D eigenvalue weighted by Crippen LogP contribution is 2.62. The molecule has 3 fully saturated rings. The molecular weight excluding hydrogens is 625 g/mol. The number of nitriles is 1. The summed E-state index contributed by atoms with van der Waals surface area (Å²) >= 11 is 0. The van der Waals surface area contributed by atoms with Crippen LogP contribution in [0.2, 0.25) is 0 Å². The zero-order chi connectivity index (χ0) is 33.7. The van der Waals surface area contributed by atoms with Gasteiger partial charge in [-0.1, -0.05) is 6.07 Å². The SMILES string of the molecule is CN(C)C(=O)c1cc2n(n1)CCCN(c1nc(OC[C@@]34CCCN3C[C@H](F)C4)nc3c1CO[C@]1(C3)c3c(ccc(N)c3C#N)C3CC1C3)C2. The van der Waals surface area contributed by atoms with Crippen LogP contribution in [0.25, 0.3) is 0 Å². The molecule has 13 heteroatoms. The van der Waals surface area contributed by atoms with Crippen molar-refractivity contribution in [3.8, 4) is 12.1 Å². The van der Waals surface area contributed by atoms with Crippen molar-refractivity contribution in [3.63, 3.8) is 0 Å². The Morgan fingerprint density at radius 1 is 1.22 bits per heavy atom. The molecule has 3 aliphatic carbocycles. The van der Waals surface area contributed by atoms with Crippen LogP contribution in [-0.4, -0.2) is 87.5 Å². The molecule has 3 atom stereocenters. The van der Waals surface area contributed by atoms with Crippen LogP contribution >= 0.6 is 0 Å². The summed E-state index contributed by atoms with van der Waals surface area (Å²) in [6.07, 6.45) is 4.82. The second kappa shape index (κ2) is 11.1. The summed E-state index contributed by atoms with van der Waals surface area (Å²) in [4.78, 5) is 28.9. The van der Waals surface area contributed by atoms with Crippen LogP contribution in [0.1, 0.15) is 88.6 Å². The zero-order valence-corrected chi connectivity index (χ0v) is 28.1. The van der Waals surface area contributed by atoms with Crippen molar-refractivity contribution in [1.29, 1.82) is 5.26 Å². The first kappa shape index (κ1) is 30.8. The summed E-state index contributed by atoms with van der Waals surface area (Å²) in [5.74, 6) is 1.28. The van der Waals surface area contributed by atoms with E-state index in [0.29, 0.717) is 61.9 Å². The molecule has 49 heavy (non-hydrogen) atoms. The van der Waals surface area contributed by atoms with Crippen LogP contribution < -0.4 is 15.4 Å². The van der Waals surface area contributed by atoms with E-state index < -0.39 is 11.8 Å². The number of benzene rings is 1. The van der Waals surface area contributed by atoms with Crippen LogP contribution in [0.3, 0.4) is 0 Å². The molecule has 7 aliphatic rings. The minimum absolute atomic E-state index is 0.132. The number of alkyl halides is 1. The maximum Gasteiger partial charge on any atom is 0.318 e. The number of hydrogen-bond acceptors (Lipinski definition) is 10. The van der Waals surface area contributed by atoms with E-state index in [1.807, 2.05) is 16.8 Å². The van der Waals surface area contributed by atoms with Gasteiger partial charge in [-0.25, -0.2) is 4.39 Å². The Bertz CT molecular complexity index is 1900. The molecule has 1 aromatic carbocycles. The summed E-state index contributed by atoms with van der Waals surface area (Å²) in [7, 11) is 3.46. The Morgan fingerprint density at radius 2 is 2.08 bits per heavy atom. The monoisotopic (exact) mass is 667 g/mol. The van der Waals surface area contributed by atoms with Crippen molar-refractivity contribution in [2.45, 2.75) is 87.9 Å². The molecule has 1 spiro atoms. The number of hydrogen-bond donors (Lipinski definition) is 1. The summed E-state index contributed by atoms with van der Waals surface area (Å²) in [5, 5.41) is 14.9. The van der Waals surface area contributed by atoms with E-state index in [0.717, 1.165) is 79.1 Å². The van der Waals surface area contributed by atoms with Crippen molar-refractivity contribution in [2.75, 3.05) is 51.0 Å². The highest BCUT2D eigenvalue weighted by Gasteiger charge is 2.58. The number of nitrogen functional groups attached to an aromatic ring is 1. The third kappa shape index (κ3) is 4.66. The molecule has 3 aromatic rings. The Balaban J connectivity index is 1.12. The highest BCUT2D eigenvalue weighted by atomic mass is 19.1. The molecule has 12 nitrogen and oxygen atoms in total. The van der Waals surface area contributed by atoms with Crippen molar-refractivity contribution in [1.82, 2.24) is 29.5 Å². The third-order valence-electron chi connectivity index (χ3n) is 12.2. The van der Waals surface area contributed by atoms with Crippen molar-refractivity contribution >= 4 is 17.4 Å². The number of fused-ring (bicyclic) bond motifs is 3. The molecule has 10 rings (SSSR count). The first-order valence-corrected chi connectivity index (χ1v) is 17.6. The van der Waals surface area contributed by atoms with E-state index in [1.54, 1.807) is 14.1 Å². The van der Waals surface area contributed by atoms with Gasteiger partial charge >= 0.3 is 6.01 Å². The molecule has 256 valence electrons. The van der Waals surface area contributed by atoms with Gasteiger partial charge in [-0.3, -0.25) is 14.4 Å². The fourth-order valence-electron chi connectivity index (χ4n) is 9.67. The number of halogens is 1. The minimum atomic E-state index is -0.855. The molecule has 0 radical (unpaired) electrons. The fraction of sp³-hybridized carbons (Fsp3) is 0.583. The lowest BCUT2D eigenvalue weighted by atomic mass is 9.53. The van der Waals surface area contributed by atoms with Gasteiger partial charge in [-0.15, -0.1) is 0 Å². The number of nitrogens with two attached hydrogens (primary N) is 1. The van der Waals surface area contributed by atoms with E-state index in [9.17, 15) is 14.4 Å². The van der Waals surface area contributed by atoms with Gasteiger partial charge in [0.25, 0.3) is 5.91 Å². The van der Waals surface area contributed by atoms with Crippen LogP contribution in [0, 0.1) is 17.2 Å². The molecule has 2 bridgehead atoms. The molecule has 0 unspecified atom stereocenters. The number of carbonyl (C=O) groups excluding carboxylic acids is 1. The van der Waals surface area contributed by atoms with Crippen molar-refractivity contribution in [3.05, 3.63) is 57.5 Å². The Morgan fingerprint density at radius 3 is 2.90 bits per heavy atom. The topological polar surface area (TPSA) is 139 Å². The van der Waals surface area contributed by atoms with Gasteiger partial charge in [0.2, 0.25) is 0 Å². The number of aromatic nitrogens is 4. The van der Waals surface area contributed by atoms with Gasteiger partial charge in [0.1, 0.15) is 30.3 Å². The molecule has 2 saturated heterocycles. The average molecular weight is 668 g/mol. The number of ether oxygens (including phenoxy) is 2. The number of amides is 1. The molecule has 4 aliphatic heterocycles. The van der Waals surface area contributed by atoms with Crippen LogP contribution in [0.4, 0.5) is 15.9 Å². The number of rotatable bonds is 5. The summed E-state index contributed by atoms with van der Waals surface area (Å²) < 4.78 is 30.1. The molecule has 1 saturated carbocycles. The maximum atomic E-state index is 14.6. The number of anilines is 2. The second-order valence-electron chi connectivity index (χ2n) is 15.2. The van der Waals surface area contributed by atoms with Gasteiger partial charge < -0.3 is 25.0 Å². The molecule has 6 heterocycles. The second-order valence-corrected chi connectivity index (χ2v) is 15.2. The normalized spacial score (nSPS) is 29.7. The number of carbonyl (C=O) groups is 1.